The number of rotatable bonds is 4. The molecule has 1 aliphatic rings. The molecule has 7 nitrogen and oxygen atoms in total. The average molecular weight is 349 g/mol. The number of nitrogens with zero attached hydrogens (tertiary/aromatic N) is 3. The molecule has 1 saturated heterocycles. The minimum Gasteiger partial charge on any atom is -0.474 e. The molecule has 25 heavy (non-hydrogen) atoms. The monoisotopic (exact) mass is 349 g/mol. The molecule has 0 saturated carbocycles. The Morgan fingerprint density at radius 1 is 1.28 bits per heavy atom. The van der Waals surface area contributed by atoms with E-state index >= 15 is 0 Å². The number of carbonyl (C=O) groups is 2. The van der Waals surface area contributed by atoms with Crippen molar-refractivity contribution in [3.63, 3.8) is 0 Å². The van der Waals surface area contributed by atoms with E-state index in [4.69, 9.17) is 9.47 Å². The lowest BCUT2D eigenvalue weighted by Crippen LogP contribution is -2.47. The van der Waals surface area contributed by atoms with E-state index in [1.165, 1.54) is 4.90 Å². The van der Waals surface area contributed by atoms with E-state index in [0.29, 0.717) is 19.0 Å². The third-order valence-corrected chi connectivity index (χ3v) is 3.80. The molecular weight excluding hydrogens is 322 g/mol. The molecule has 0 unspecified atom stereocenters. The predicted molar refractivity (Wildman–Crippen MR) is 93.3 cm³/mol. The van der Waals surface area contributed by atoms with Gasteiger partial charge in [-0.15, -0.1) is 0 Å². The maximum absolute atomic E-state index is 12.4. The van der Waals surface area contributed by atoms with Gasteiger partial charge in [-0.2, -0.15) is 0 Å². The number of piperidine rings is 1. The Hall–Kier alpha value is -2.31. The van der Waals surface area contributed by atoms with Crippen LogP contribution in [0.25, 0.3) is 0 Å². The Labute approximate surface area is 148 Å². The lowest BCUT2D eigenvalue weighted by atomic mass is 10.1. The maximum atomic E-state index is 12.4. The van der Waals surface area contributed by atoms with Crippen LogP contribution >= 0.6 is 0 Å². The molecule has 7 heteroatoms. The second-order valence-corrected chi connectivity index (χ2v) is 7.20. The third kappa shape index (κ3) is 6.25. The summed E-state index contributed by atoms with van der Waals surface area (Å²) >= 11 is 0. The zero-order chi connectivity index (χ0) is 18.4. The van der Waals surface area contributed by atoms with Crippen molar-refractivity contribution < 1.29 is 19.1 Å². The van der Waals surface area contributed by atoms with Gasteiger partial charge in [-0.05, 0) is 26.8 Å². The molecule has 0 N–H and O–H groups in total. The van der Waals surface area contributed by atoms with E-state index in [9.17, 15) is 9.59 Å². The zero-order valence-corrected chi connectivity index (χ0v) is 15.4. The van der Waals surface area contributed by atoms with Crippen molar-refractivity contribution in [3.05, 3.63) is 24.4 Å². The minimum absolute atomic E-state index is 0.0146. The number of carbonyl (C=O) groups excluding carboxylic acids is 2. The summed E-state index contributed by atoms with van der Waals surface area (Å²) in [7, 11) is 1.57. The Morgan fingerprint density at radius 3 is 2.52 bits per heavy atom. The van der Waals surface area contributed by atoms with Crippen LogP contribution in [0, 0.1) is 0 Å². The normalized spacial score (nSPS) is 15.6. The second-order valence-electron chi connectivity index (χ2n) is 7.20. The highest BCUT2D eigenvalue weighted by molar-refractivity contribution is 5.82. The average Bonchev–Trinajstić information content (AvgIpc) is 2.54. The number of amides is 2. The summed E-state index contributed by atoms with van der Waals surface area (Å²) in [4.78, 5) is 31.5. The van der Waals surface area contributed by atoms with Crippen LogP contribution in [0.4, 0.5) is 4.79 Å². The first-order valence-corrected chi connectivity index (χ1v) is 8.54. The van der Waals surface area contributed by atoms with Gasteiger partial charge in [0.25, 0.3) is 0 Å². The van der Waals surface area contributed by atoms with Gasteiger partial charge in [0.1, 0.15) is 18.2 Å². The molecule has 1 aromatic heterocycles. The zero-order valence-electron chi connectivity index (χ0n) is 15.4. The number of hydrogen-bond donors (Lipinski definition) is 0. The third-order valence-electron chi connectivity index (χ3n) is 3.80. The highest BCUT2D eigenvalue weighted by Crippen LogP contribution is 2.17. The van der Waals surface area contributed by atoms with Crippen molar-refractivity contribution in [1.82, 2.24) is 14.8 Å². The van der Waals surface area contributed by atoms with Gasteiger partial charge in [0, 0.05) is 45.2 Å². The van der Waals surface area contributed by atoms with Crippen molar-refractivity contribution in [2.45, 2.75) is 45.3 Å². The summed E-state index contributed by atoms with van der Waals surface area (Å²) in [5.74, 6) is 0.529. The molecule has 1 fully saturated rings. The van der Waals surface area contributed by atoms with E-state index in [1.807, 2.05) is 18.2 Å². The van der Waals surface area contributed by atoms with Gasteiger partial charge in [-0.3, -0.25) is 4.79 Å². The Morgan fingerprint density at radius 2 is 1.96 bits per heavy atom. The van der Waals surface area contributed by atoms with Gasteiger partial charge >= 0.3 is 6.09 Å². The number of hydrogen-bond acceptors (Lipinski definition) is 5. The fraction of sp³-hybridized carbons (Fsp3) is 0.611. The van der Waals surface area contributed by atoms with Crippen LogP contribution in [0.15, 0.2) is 24.4 Å². The van der Waals surface area contributed by atoms with E-state index in [1.54, 1.807) is 38.9 Å². The van der Waals surface area contributed by atoms with Gasteiger partial charge in [0.2, 0.25) is 11.8 Å². The van der Waals surface area contributed by atoms with Crippen molar-refractivity contribution in [1.29, 1.82) is 0 Å². The summed E-state index contributed by atoms with van der Waals surface area (Å²) < 4.78 is 11.1. The van der Waals surface area contributed by atoms with Gasteiger partial charge in [-0.1, -0.05) is 6.07 Å². The molecule has 1 aliphatic heterocycles. The van der Waals surface area contributed by atoms with Gasteiger partial charge in [0.15, 0.2) is 0 Å². The maximum Gasteiger partial charge on any atom is 0.410 e. The van der Waals surface area contributed by atoms with Crippen LogP contribution in [0.2, 0.25) is 0 Å². The molecule has 0 radical (unpaired) electrons. The first-order valence-electron chi connectivity index (χ1n) is 8.54. The van der Waals surface area contributed by atoms with Gasteiger partial charge in [-0.25, -0.2) is 9.78 Å². The summed E-state index contributed by atoms with van der Waals surface area (Å²) in [5, 5.41) is 0. The lowest BCUT2D eigenvalue weighted by molar-refractivity contribution is -0.133. The Bertz CT molecular complexity index is 578. The van der Waals surface area contributed by atoms with Crippen molar-refractivity contribution in [2.75, 3.05) is 26.7 Å². The SMILES string of the molecule is CN(CC(=O)N1CCC(Oc2ccccn2)CC1)C(=O)OC(C)(C)C. The Balaban J connectivity index is 1.76. The fourth-order valence-electron chi connectivity index (χ4n) is 2.52. The van der Waals surface area contributed by atoms with Crippen LogP contribution in [0.5, 0.6) is 5.88 Å². The first-order chi connectivity index (χ1) is 11.7. The largest absolute Gasteiger partial charge is 0.474 e. The fourth-order valence-corrected chi connectivity index (χ4v) is 2.52. The van der Waals surface area contributed by atoms with E-state index in [0.717, 1.165) is 12.8 Å². The van der Waals surface area contributed by atoms with E-state index in [-0.39, 0.29) is 18.6 Å². The predicted octanol–water partition coefficient (Wildman–Crippen LogP) is 2.32. The minimum atomic E-state index is -0.574. The molecule has 0 atom stereocenters. The Kier molecular flexibility index (Phi) is 6.22. The summed E-state index contributed by atoms with van der Waals surface area (Å²) in [6.07, 6.45) is 2.76. The highest BCUT2D eigenvalue weighted by Gasteiger charge is 2.27. The first kappa shape index (κ1) is 19.0. The summed E-state index contributed by atoms with van der Waals surface area (Å²) in [6.45, 7) is 6.63. The smallest absolute Gasteiger partial charge is 0.410 e. The van der Waals surface area contributed by atoms with Crippen LogP contribution in [0.3, 0.4) is 0 Å². The molecule has 0 bridgehead atoms. The van der Waals surface area contributed by atoms with E-state index < -0.39 is 11.7 Å². The number of likely N-dealkylation sites (N-methyl/N-ethyl adjacent to an activating group) is 1. The summed E-state index contributed by atoms with van der Waals surface area (Å²) in [5.41, 5.74) is -0.574. The topological polar surface area (TPSA) is 72.0 Å². The van der Waals surface area contributed by atoms with Crippen molar-refractivity contribution >= 4 is 12.0 Å². The number of likely N-dealkylation sites (tertiary alicyclic amines) is 1. The number of aromatic nitrogens is 1. The molecule has 2 amide bonds. The van der Waals surface area contributed by atoms with Crippen molar-refractivity contribution in [2.24, 2.45) is 0 Å². The van der Waals surface area contributed by atoms with Crippen LogP contribution in [-0.4, -0.2) is 65.2 Å². The molecule has 0 aromatic carbocycles. The molecule has 138 valence electrons. The van der Waals surface area contributed by atoms with Crippen LogP contribution < -0.4 is 4.74 Å². The summed E-state index contributed by atoms with van der Waals surface area (Å²) in [6, 6.07) is 5.55. The highest BCUT2D eigenvalue weighted by atomic mass is 16.6. The standard InChI is InChI=1S/C18H27N3O4/c1-18(2,3)25-17(23)20(4)13-16(22)21-11-8-14(9-12-21)24-15-7-5-6-10-19-15/h5-7,10,14H,8-9,11-13H2,1-4H3. The molecular formula is C18H27N3O4. The molecule has 2 rings (SSSR count). The molecule has 0 spiro atoms. The molecule has 2 heterocycles. The molecule has 1 aromatic rings. The quantitative estimate of drug-likeness (QED) is 0.834. The molecule has 0 aliphatic carbocycles. The number of pyridine rings is 1. The lowest BCUT2D eigenvalue weighted by Gasteiger charge is -2.33. The number of ether oxygens (including phenoxy) is 2. The van der Waals surface area contributed by atoms with Gasteiger partial charge < -0.3 is 19.3 Å². The van der Waals surface area contributed by atoms with E-state index in [2.05, 4.69) is 4.98 Å². The van der Waals surface area contributed by atoms with Gasteiger partial charge in [0.05, 0.1) is 0 Å². The van der Waals surface area contributed by atoms with Crippen LogP contribution in [-0.2, 0) is 9.53 Å². The second kappa shape index (κ2) is 8.18. The van der Waals surface area contributed by atoms with Crippen molar-refractivity contribution in [3.8, 4) is 5.88 Å². The van der Waals surface area contributed by atoms with Crippen LogP contribution in [0.1, 0.15) is 33.6 Å².